The number of hydrogen-bond donors (Lipinski definition) is 2. The Morgan fingerprint density at radius 3 is 2.57 bits per heavy atom. The van der Waals surface area contributed by atoms with Gasteiger partial charge in [0.2, 0.25) is 0 Å². The molecule has 0 radical (unpaired) electrons. The lowest BCUT2D eigenvalue weighted by molar-refractivity contribution is -0.137. The van der Waals surface area contributed by atoms with Gasteiger partial charge < -0.3 is 0 Å². The molecule has 0 aliphatic carbocycles. The predicted octanol–water partition coefficient (Wildman–Crippen LogP) is 3.85. The summed E-state index contributed by atoms with van der Waals surface area (Å²) < 4.78 is 39.7. The van der Waals surface area contributed by atoms with E-state index in [1.165, 1.54) is 12.4 Å². The van der Waals surface area contributed by atoms with E-state index in [0.29, 0.717) is 11.2 Å². The van der Waals surface area contributed by atoms with Crippen LogP contribution in [0.1, 0.15) is 5.56 Å². The van der Waals surface area contributed by atoms with Crippen LogP contribution in [-0.4, -0.2) is 14.8 Å². The van der Waals surface area contributed by atoms with Gasteiger partial charge in [-0.15, -0.1) is 0 Å². The molecule has 21 heavy (non-hydrogen) atoms. The molecule has 2 aromatic carbocycles. The van der Waals surface area contributed by atoms with Gasteiger partial charge >= 0.3 is 6.18 Å². The van der Waals surface area contributed by atoms with Crippen LogP contribution in [0.3, 0.4) is 0 Å². The maximum absolute atomic E-state index is 12.7. The van der Waals surface area contributed by atoms with Crippen LogP contribution in [0.5, 0.6) is 0 Å². The summed E-state index contributed by atoms with van der Waals surface area (Å²) in [5, 5.41) is 9.13. The van der Waals surface area contributed by atoms with Gasteiger partial charge in [-0.2, -0.15) is 13.2 Å². The third-order valence-corrected chi connectivity index (χ3v) is 3.16. The predicted molar refractivity (Wildman–Crippen MR) is 71.5 cm³/mol. The molecule has 0 amide bonds. The van der Waals surface area contributed by atoms with Crippen LogP contribution >= 0.6 is 0 Å². The number of para-hydroxylation sites is 2. The van der Waals surface area contributed by atoms with Crippen molar-refractivity contribution >= 4 is 16.7 Å². The molecule has 1 heterocycles. The van der Waals surface area contributed by atoms with Gasteiger partial charge in [-0.25, -0.2) is 4.98 Å². The van der Waals surface area contributed by atoms with Crippen LogP contribution in [0.25, 0.3) is 16.7 Å². The van der Waals surface area contributed by atoms with E-state index >= 15 is 0 Å². The molecule has 7 heteroatoms. The number of hydrogen-bond acceptors (Lipinski definition) is 3. The van der Waals surface area contributed by atoms with Gasteiger partial charge in [0.1, 0.15) is 6.33 Å². The summed E-state index contributed by atoms with van der Waals surface area (Å²) in [6.07, 6.45) is -2.98. The first-order valence-electron chi connectivity index (χ1n) is 6.04. The maximum atomic E-state index is 12.7. The van der Waals surface area contributed by atoms with E-state index in [-0.39, 0.29) is 5.69 Å². The van der Waals surface area contributed by atoms with Crippen LogP contribution in [-0.2, 0) is 6.18 Å². The maximum Gasteiger partial charge on any atom is 0.416 e. The minimum atomic E-state index is -4.47. The molecule has 3 aromatic rings. The third-order valence-electron chi connectivity index (χ3n) is 3.16. The zero-order valence-corrected chi connectivity index (χ0v) is 10.6. The van der Waals surface area contributed by atoms with E-state index in [4.69, 9.17) is 5.21 Å². The van der Waals surface area contributed by atoms with Gasteiger partial charge in [-0.05, 0) is 30.3 Å². The molecular formula is C14H10F3N3O. The van der Waals surface area contributed by atoms with Gasteiger partial charge in [-0.1, -0.05) is 12.1 Å². The Morgan fingerprint density at radius 2 is 1.86 bits per heavy atom. The molecule has 3 rings (SSSR count). The van der Waals surface area contributed by atoms with Crippen molar-refractivity contribution in [2.24, 2.45) is 0 Å². The number of aromatic nitrogens is 2. The first-order valence-corrected chi connectivity index (χ1v) is 6.04. The second kappa shape index (κ2) is 4.78. The lowest BCUT2D eigenvalue weighted by atomic mass is 10.1. The van der Waals surface area contributed by atoms with Crippen molar-refractivity contribution in [3.8, 4) is 5.69 Å². The number of nitrogens with one attached hydrogen (secondary N) is 1. The van der Waals surface area contributed by atoms with Crippen LogP contribution in [0.4, 0.5) is 18.9 Å². The summed E-state index contributed by atoms with van der Waals surface area (Å²) >= 11 is 0. The first-order chi connectivity index (χ1) is 10.0. The van der Waals surface area contributed by atoms with Crippen molar-refractivity contribution in [2.45, 2.75) is 6.18 Å². The fourth-order valence-corrected chi connectivity index (χ4v) is 2.16. The first kappa shape index (κ1) is 13.4. The minimum absolute atomic E-state index is 0.0482. The molecule has 2 N–H and O–H groups in total. The van der Waals surface area contributed by atoms with Crippen molar-refractivity contribution in [3.63, 3.8) is 0 Å². The molecule has 0 spiro atoms. The highest BCUT2D eigenvalue weighted by Crippen LogP contribution is 2.34. The Labute approximate surface area is 117 Å². The number of anilines is 1. The van der Waals surface area contributed by atoms with Crippen LogP contribution < -0.4 is 5.48 Å². The van der Waals surface area contributed by atoms with Crippen molar-refractivity contribution in [3.05, 3.63) is 54.4 Å². The summed E-state index contributed by atoms with van der Waals surface area (Å²) in [7, 11) is 0. The molecule has 0 unspecified atom stereocenters. The Kier molecular flexibility index (Phi) is 3.06. The molecule has 0 aliphatic rings. The third kappa shape index (κ3) is 2.31. The normalized spacial score (nSPS) is 11.8. The summed E-state index contributed by atoms with van der Waals surface area (Å²) in [6, 6.07) is 10.3. The van der Waals surface area contributed by atoms with Crippen LogP contribution in [0.2, 0.25) is 0 Å². The summed E-state index contributed by atoms with van der Waals surface area (Å²) in [6.45, 7) is 0. The molecule has 0 saturated heterocycles. The number of imidazole rings is 1. The second-order valence-corrected chi connectivity index (χ2v) is 4.44. The minimum Gasteiger partial charge on any atom is -0.297 e. The standard InChI is InChI=1S/C14H10F3N3O/c15-14(16,17)9-5-6-13(11(7-9)19-21)20-8-18-10-3-1-2-4-12(10)20/h1-8,19,21H. The lowest BCUT2D eigenvalue weighted by Crippen LogP contribution is -2.07. The summed E-state index contributed by atoms with van der Waals surface area (Å²) in [5.74, 6) is 0. The molecule has 0 atom stereocenters. The van der Waals surface area contributed by atoms with Crippen molar-refractivity contribution in [2.75, 3.05) is 5.48 Å². The fourth-order valence-electron chi connectivity index (χ4n) is 2.16. The average molecular weight is 293 g/mol. The molecule has 1 aromatic heterocycles. The Balaban J connectivity index is 2.18. The van der Waals surface area contributed by atoms with E-state index in [2.05, 4.69) is 4.98 Å². The van der Waals surface area contributed by atoms with Crippen molar-refractivity contribution in [1.29, 1.82) is 0 Å². The molecule has 4 nitrogen and oxygen atoms in total. The number of benzene rings is 2. The van der Waals surface area contributed by atoms with Gasteiger partial charge in [0.25, 0.3) is 0 Å². The molecule has 0 saturated carbocycles. The number of halogens is 3. The highest BCUT2D eigenvalue weighted by Gasteiger charge is 2.31. The van der Waals surface area contributed by atoms with Gasteiger partial charge in [0.05, 0.1) is 28.0 Å². The van der Waals surface area contributed by atoms with E-state index in [0.717, 1.165) is 17.6 Å². The average Bonchev–Trinajstić information content (AvgIpc) is 2.89. The summed E-state index contributed by atoms with van der Waals surface area (Å²) in [4.78, 5) is 4.17. The van der Waals surface area contributed by atoms with Crippen LogP contribution in [0.15, 0.2) is 48.8 Å². The zero-order chi connectivity index (χ0) is 15.0. The largest absolute Gasteiger partial charge is 0.416 e. The molecule has 0 fully saturated rings. The highest BCUT2D eigenvalue weighted by atomic mass is 19.4. The molecule has 108 valence electrons. The SMILES string of the molecule is ONc1cc(C(F)(F)F)ccc1-n1cnc2ccccc21. The smallest absolute Gasteiger partial charge is 0.297 e. The van der Waals surface area contributed by atoms with Gasteiger partial charge in [-0.3, -0.25) is 15.3 Å². The van der Waals surface area contributed by atoms with Gasteiger partial charge in [0.15, 0.2) is 0 Å². The number of fused-ring (bicyclic) bond motifs is 1. The topological polar surface area (TPSA) is 50.1 Å². The van der Waals surface area contributed by atoms with E-state index in [1.807, 2.05) is 11.5 Å². The van der Waals surface area contributed by atoms with E-state index < -0.39 is 11.7 Å². The van der Waals surface area contributed by atoms with E-state index in [9.17, 15) is 13.2 Å². The Bertz CT molecular complexity index is 796. The number of alkyl halides is 3. The second-order valence-electron chi connectivity index (χ2n) is 4.44. The summed E-state index contributed by atoms with van der Waals surface area (Å²) in [5.41, 5.74) is 2.74. The van der Waals surface area contributed by atoms with Crippen molar-refractivity contribution in [1.82, 2.24) is 9.55 Å². The molecular weight excluding hydrogens is 283 g/mol. The molecule has 0 bridgehead atoms. The Morgan fingerprint density at radius 1 is 1.10 bits per heavy atom. The number of nitrogens with zero attached hydrogens (tertiary/aromatic N) is 2. The molecule has 0 aliphatic heterocycles. The Hall–Kier alpha value is -2.54. The monoisotopic (exact) mass is 293 g/mol. The van der Waals surface area contributed by atoms with Gasteiger partial charge in [0, 0.05) is 0 Å². The van der Waals surface area contributed by atoms with Crippen LogP contribution in [0, 0.1) is 0 Å². The highest BCUT2D eigenvalue weighted by molar-refractivity contribution is 5.79. The quantitative estimate of drug-likeness (QED) is 0.706. The zero-order valence-electron chi connectivity index (χ0n) is 10.6. The lowest BCUT2D eigenvalue weighted by Gasteiger charge is -2.13. The van der Waals surface area contributed by atoms with E-state index in [1.54, 1.807) is 22.8 Å². The number of rotatable bonds is 2. The fraction of sp³-hybridized carbons (Fsp3) is 0.0714. The van der Waals surface area contributed by atoms with Crippen molar-refractivity contribution < 1.29 is 18.4 Å².